The smallest absolute Gasteiger partial charge is 0.221 e. The van der Waals surface area contributed by atoms with Gasteiger partial charge in [0.05, 0.1) is 5.69 Å². The Hall–Kier alpha value is -1.62. The standard InChI is InChI=1S/C16H24FN3O/c1-3-7-18-12(2)13-4-5-15(14(17)11-13)20-9-6-16(21)19-8-10-20/h4-5,11-12,18H,3,6-10H2,1-2H3,(H,19,21). The summed E-state index contributed by atoms with van der Waals surface area (Å²) < 4.78 is 14.4. The van der Waals surface area contributed by atoms with E-state index in [0.29, 0.717) is 31.7 Å². The van der Waals surface area contributed by atoms with Crippen LogP contribution in [0.3, 0.4) is 0 Å². The van der Waals surface area contributed by atoms with Crippen LogP contribution in [0.1, 0.15) is 38.3 Å². The molecule has 116 valence electrons. The number of anilines is 1. The molecule has 21 heavy (non-hydrogen) atoms. The number of carbonyl (C=O) groups is 1. The highest BCUT2D eigenvalue weighted by Gasteiger charge is 2.17. The van der Waals surface area contributed by atoms with Crippen LogP contribution in [0.2, 0.25) is 0 Å². The van der Waals surface area contributed by atoms with E-state index in [0.717, 1.165) is 18.5 Å². The lowest BCUT2D eigenvalue weighted by Crippen LogP contribution is -2.29. The first-order chi connectivity index (χ1) is 10.1. The second-order valence-electron chi connectivity index (χ2n) is 5.47. The Morgan fingerprint density at radius 3 is 2.95 bits per heavy atom. The van der Waals surface area contributed by atoms with Gasteiger partial charge in [-0.25, -0.2) is 4.39 Å². The molecule has 1 aliphatic heterocycles. The highest BCUT2D eigenvalue weighted by atomic mass is 19.1. The fourth-order valence-corrected chi connectivity index (χ4v) is 2.54. The third-order valence-corrected chi connectivity index (χ3v) is 3.83. The first kappa shape index (κ1) is 15.8. The van der Waals surface area contributed by atoms with E-state index in [9.17, 15) is 9.18 Å². The molecule has 2 N–H and O–H groups in total. The van der Waals surface area contributed by atoms with Gasteiger partial charge in [0.15, 0.2) is 0 Å². The summed E-state index contributed by atoms with van der Waals surface area (Å²) in [5.74, 6) is -0.182. The van der Waals surface area contributed by atoms with Gasteiger partial charge in [-0.2, -0.15) is 0 Å². The molecule has 0 bridgehead atoms. The van der Waals surface area contributed by atoms with Crippen molar-refractivity contribution in [3.05, 3.63) is 29.6 Å². The van der Waals surface area contributed by atoms with Crippen LogP contribution in [0, 0.1) is 5.82 Å². The van der Waals surface area contributed by atoms with Gasteiger partial charge in [-0.3, -0.25) is 4.79 Å². The molecule has 1 fully saturated rings. The lowest BCUT2D eigenvalue weighted by atomic mass is 10.1. The normalized spacial score (nSPS) is 17.3. The summed E-state index contributed by atoms with van der Waals surface area (Å²) >= 11 is 0. The number of hydrogen-bond donors (Lipinski definition) is 2. The maximum atomic E-state index is 14.4. The molecule has 0 aromatic heterocycles. The van der Waals surface area contributed by atoms with Crippen LogP contribution >= 0.6 is 0 Å². The lowest BCUT2D eigenvalue weighted by molar-refractivity contribution is -0.120. The summed E-state index contributed by atoms with van der Waals surface area (Å²) in [4.78, 5) is 13.3. The zero-order valence-electron chi connectivity index (χ0n) is 12.8. The minimum atomic E-state index is -0.216. The topological polar surface area (TPSA) is 44.4 Å². The Labute approximate surface area is 125 Å². The minimum Gasteiger partial charge on any atom is -0.367 e. The molecular formula is C16H24FN3O. The van der Waals surface area contributed by atoms with Gasteiger partial charge in [-0.05, 0) is 37.6 Å². The number of nitrogens with one attached hydrogen (secondary N) is 2. The van der Waals surface area contributed by atoms with E-state index in [1.54, 1.807) is 6.07 Å². The van der Waals surface area contributed by atoms with Crippen molar-refractivity contribution in [2.24, 2.45) is 0 Å². The van der Waals surface area contributed by atoms with E-state index >= 15 is 0 Å². The van der Waals surface area contributed by atoms with Gasteiger partial charge in [-0.1, -0.05) is 13.0 Å². The third-order valence-electron chi connectivity index (χ3n) is 3.83. The number of hydrogen-bond acceptors (Lipinski definition) is 3. The van der Waals surface area contributed by atoms with E-state index in [-0.39, 0.29) is 17.8 Å². The van der Waals surface area contributed by atoms with E-state index in [4.69, 9.17) is 0 Å². The molecule has 1 aromatic rings. The molecule has 4 nitrogen and oxygen atoms in total. The monoisotopic (exact) mass is 293 g/mol. The average molecular weight is 293 g/mol. The zero-order valence-corrected chi connectivity index (χ0v) is 12.8. The average Bonchev–Trinajstić information content (AvgIpc) is 2.69. The molecule has 0 aliphatic carbocycles. The lowest BCUT2D eigenvalue weighted by Gasteiger charge is -2.23. The van der Waals surface area contributed by atoms with Crippen LogP contribution in [-0.2, 0) is 4.79 Å². The molecule has 1 saturated heterocycles. The van der Waals surface area contributed by atoms with Gasteiger partial charge < -0.3 is 15.5 Å². The van der Waals surface area contributed by atoms with Crippen molar-refractivity contribution in [3.8, 4) is 0 Å². The summed E-state index contributed by atoms with van der Waals surface area (Å²) in [6, 6.07) is 5.53. The van der Waals surface area contributed by atoms with Gasteiger partial charge >= 0.3 is 0 Å². The fraction of sp³-hybridized carbons (Fsp3) is 0.562. The van der Waals surface area contributed by atoms with Crippen LogP contribution in [0.4, 0.5) is 10.1 Å². The van der Waals surface area contributed by atoms with Crippen molar-refractivity contribution in [1.29, 1.82) is 0 Å². The first-order valence-corrected chi connectivity index (χ1v) is 7.66. The van der Waals surface area contributed by atoms with Crippen molar-refractivity contribution < 1.29 is 9.18 Å². The number of amides is 1. The summed E-state index contributed by atoms with van der Waals surface area (Å²) in [5, 5.41) is 6.16. The summed E-state index contributed by atoms with van der Waals surface area (Å²) in [5.41, 5.74) is 1.53. The van der Waals surface area contributed by atoms with Gasteiger partial charge in [0.25, 0.3) is 0 Å². The molecule has 1 atom stereocenters. The maximum Gasteiger partial charge on any atom is 0.221 e. The molecular weight excluding hydrogens is 269 g/mol. The number of nitrogens with zero attached hydrogens (tertiary/aromatic N) is 1. The maximum absolute atomic E-state index is 14.4. The molecule has 0 saturated carbocycles. The van der Waals surface area contributed by atoms with E-state index in [1.165, 1.54) is 0 Å². The number of halogens is 1. The molecule has 0 radical (unpaired) electrons. The molecule has 1 aromatic carbocycles. The first-order valence-electron chi connectivity index (χ1n) is 7.66. The van der Waals surface area contributed by atoms with Crippen molar-refractivity contribution in [2.45, 2.75) is 32.7 Å². The van der Waals surface area contributed by atoms with Crippen LogP contribution in [-0.4, -0.2) is 32.1 Å². The van der Waals surface area contributed by atoms with Gasteiger partial charge in [0, 0.05) is 32.1 Å². The molecule has 5 heteroatoms. The number of benzene rings is 1. The second-order valence-corrected chi connectivity index (χ2v) is 5.47. The molecule has 2 rings (SSSR count). The van der Waals surface area contributed by atoms with Crippen LogP contribution < -0.4 is 15.5 Å². The Morgan fingerprint density at radius 2 is 2.24 bits per heavy atom. The van der Waals surface area contributed by atoms with E-state index in [1.807, 2.05) is 24.0 Å². The number of carbonyl (C=O) groups excluding carboxylic acids is 1. The Morgan fingerprint density at radius 1 is 1.43 bits per heavy atom. The van der Waals surface area contributed by atoms with Gasteiger partial charge in [0.2, 0.25) is 5.91 Å². The second kappa shape index (κ2) is 7.41. The van der Waals surface area contributed by atoms with Crippen molar-refractivity contribution in [3.63, 3.8) is 0 Å². The van der Waals surface area contributed by atoms with Crippen molar-refractivity contribution in [2.75, 3.05) is 31.1 Å². The molecule has 1 amide bonds. The van der Waals surface area contributed by atoms with E-state index < -0.39 is 0 Å². The SMILES string of the molecule is CCCNC(C)c1ccc(N2CCNC(=O)CC2)c(F)c1. The third kappa shape index (κ3) is 4.17. The van der Waals surface area contributed by atoms with Crippen molar-refractivity contribution in [1.82, 2.24) is 10.6 Å². The van der Waals surface area contributed by atoms with Crippen LogP contribution in [0.25, 0.3) is 0 Å². The Bertz CT molecular complexity index is 492. The highest BCUT2D eigenvalue weighted by molar-refractivity contribution is 5.77. The molecule has 0 spiro atoms. The van der Waals surface area contributed by atoms with Crippen LogP contribution in [0.5, 0.6) is 0 Å². The molecule has 1 unspecified atom stereocenters. The van der Waals surface area contributed by atoms with Gasteiger partial charge in [-0.15, -0.1) is 0 Å². The summed E-state index contributed by atoms with van der Waals surface area (Å²) in [6.07, 6.45) is 1.47. The highest BCUT2D eigenvalue weighted by Crippen LogP contribution is 2.24. The number of rotatable bonds is 5. The van der Waals surface area contributed by atoms with Crippen LogP contribution in [0.15, 0.2) is 18.2 Å². The quantitative estimate of drug-likeness (QED) is 0.875. The predicted molar refractivity (Wildman–Crippen MR) is 82.9 cm³/mol. The Balaban J connectivity index is 2.09. The van der Waals surface area contributed by atoms with Gasteiger partial charge in [0.1, 0.15) is 5.82 Å². The zero-order chi connectivity index (χ0) is 15.2. The van der Waals surface area contributed by atoms with E-state index in [2.05, 4.69) is 17.6 Å². The molecule has 1 heterocycles. The van der Waals surface area contributed by atoms with Crippen molar-refractivity contribution >= 4 is 11.6 Å². The Kier molecular flexibility index (Phi) is 5.56. The summed E-state index contributed by atoms with van der Waals surface area (Å²) in [7, 11) is 0. The largest absolute Gasteiger partial charge is 0.367 e. The molecule has 1 aliphatic rings. The predicted octanol–water partition coefficient (Wildman–Crippen LogP) is 2.21. The summed E-state index contributed by atoms with van der Waals surface area (Å²) in [6.45, 7) is 6.84. The minimum absolute atomic E-state index is 0.0342. The fourth-order valence-electron chi connectivity index (χ4n) is 2.54.